The summed E-state index contributed by atoms with van der Waals surface area (Å²) in [6.07, 6.45) is 3.66. The highest BCUT2D eigenvalue weighted by Gasteiger charge is 2.24. The summed E-state index contributed by atoms with van der Waals surface area (Å²) < 4.78 is 5.62. The minimum absolute atomic E-state index is 0.350. The third-order valence-corrected chi connectivity index (χ3v) is 2.93. The fraction of sp³-hybridized carbons (Fsp3) is 1.00. The molecular weight excluding hydrogens is 160 g/mol. The number of halogens is 1. The SMILES string of the molecule is CCC(C)C1CC(Cl)CCO1. The molecule has 0 N–H and O–H groups in total. The van der Waals surface area contributed by atoms with Gasteiger partial charge in [0.2, 0.25) is 0 Å². The van der Waals surface area contributed by atoms with E-state index >= 15 is 0 Å². The van der Waals surface area contributed by atoms with E-state index in [4.69, 9.17) is 16.3 Å². The smallest absolute Gasteiger partial charge is 0.0614 e. The summed E-state index contributed by atoms with van der Waals surface area (Å²) >= 11 is 6.03. The molecule has 0 aromatic carbocycles. The molecule has 1 heterocycles. The predicted octanol–water partition coefficient (Wildman–Crippen LogP) is 2.82. The van der Waals surface area contributed by atoms with Gasteiger partial charge in [-0.3, -0.25) is 0 Å². The van der Waals surface area contributed by atoms with Crippen LogP contribution in [0, 0.1) is 5.92 Å². The Morgan fingerprint density at radius 1 is 1.64 bits per heavy atom. The molecule has 1 rings (SSSR count). The van der Waals surface area contributed by atoms with Crippen molar-refractivity contribution in [1.82, 2.24) is 0 Å². The summed E-state index contributed by atoms with van der Waals surface area (Å²) in [4.78, 5) is 0. The van der Waals surface area contributed by atoms with Crippen LogP contribution in [0.15, 0.2) is 0 Å². The van der Waals surface area contributed by atoms with Gasteiger partial charge in [0.15, 0.2) is 0 Å². The van der Waals surface area contributed by atoms with Gasteiger partial charge in [0.05, 0.1) is 6.10 Å². The van der Waals surface area contributed by atoms with Crippen molar-refractivity contribution >= 4 is 11.6 Å². The summed E-state index contributed by atoms with van der Waals surface area (Å²) in [6, 6.07) is 0. The van der Waals surface area contributed by atoms with E-state index < -0.39 is 0 Å². The first-order valence-corrected chi connectivity index (χ1v) is 4.93. The van der Waals surface area contributed by atoms with Crippen LogP contribution in [0.2, 0.25) is 0 Å². The number of rotatable bonds is 2. The number of hydrogen-bond donors (Lipinski definition) is 0. The second-order valence-corrected chi connectivity index (χ2v) is 4.03. The number of alkyl halides is 1. The lowest BCUT2D eigenvalue weighted by molar-refractivity contribution is -0.0153. The van der Waals surface area contributed by atoms with Gasteiger partial charge in [-0.2, -0.15) is 0 Å². The molecule has 3 unspecified atom stereocenters. The molecule has 0 radical (unpaired) electrons. The Kier molecular flexibility index (Phi) is 3.67. The normalized spacial score (nSPS) is 35.2. The van der Waals surface area contributed by atoms with E-state index in [1.165, 1.54) is 6.42 Å². The lowest BCUT2D eigenvalue weighted by Gasteiger charge is -2.30. The van der Waals surface area contributed by atoms with Gasteiger partial charge in [0, 0.05) is 12.0 Å². The monoisotopic (exact) mass is 176 g/mol. The van der Waals surface area contributed by atoms with E-state index in [2.05, 4.69) is 13.8 Å². The largest absolute Gasteiger partial charge is 0.378 e. The Balaban J connectivity index is 2.33. The first-order valence-electron chi connectivity index (χ1n) is 4.49. The average molecular weight is 177 g/mol. The molecule has 3 atom stereocenters. The van der Waals surface area contributed by atoms with Gasteiger partial charge in [-0.05, 0) is 18.8 Å². The van der Waals surface area contributed by atoms with Crippen LogP contribution in [0.5, 0.6) is 0 Å². The molecule has 0 aromatic heterocycles. The van der Waals surface area contributed by atoms with Crippen LogP contribution in [0.25, 0.3) is 0 Å². The molecule has 1 nitrogen and oxygen atoms in total. The highest BCUT2D eigenvalue weighted by atomic mass is 35.5. The van der Waals surface area contributed by atoms with E-state index in [1.807, 2.05) is 0 Å². The summed E-state index contributed by atoms with van der Waals surface area (Å²) in [5.74, 6) is 0.663. The molecule has 0 bridgehead atoms. The van der Waals surface area contributed by atoms with Crippen molar-refractivity contribution in [3.8, 4) is 0 Å². The molecule has 2 heteroatoms. The highest BCUT2D eigenvalue weighted by molar-refractivity contribution is 6.20. The molecule has 0 spiro atoms. The van der Waals surface area contributed by atoms with Gasteiger partial charge < -0.3 is 4.74 Å². The third kappa shape index (κ3) is 2.64. The van der Waals surface area contributed by atoms with E-state index in [0.717, 1.165) is 19.4 Å². The Hall–Kier alpha value is 0.250. The maximum atomic E-state index is 6.03. The minimum Gasteiger partial charge on any atom is -0.378 e. The third-order valence-electron chi connectivity index (χ3n) is 2.53. The van der Waals surface area contributed by atoms with Crippen LogP contribution in [-0.4, -0.2) is 18.1 Å². The Labute approximate surface area is 74.1 Å². The zero-order valence-corrected chi connectivity index (χ0v) is 8.10. The van der Waals surface area contributed by atoms with Crippen LogP contribution < -0.4 is 0 Å². The van der Waals surface area contributed by atoms with E-state index in [9.17, 15) is 0 Å². The second-order valence-electron chi connectivity index (χ2n) is 3.42. The Bertz CT molecular complexity index is 116. The van der Waals surface area contributed by atoms with Crippen molar-refractivity contribution in [2.24, 2.45) is 5.92 Å². The standard InChI is InChI=1S/C9H17ClO/c1-3-7(2)9-6-8(10)4-5-11-9/h7-9H,3-6H2,1-2H3. The van der Waals surface area contributed by atoms with Crippen LogP contribution in [0.3, 0.4) is 0 Å². The maximum absolute atomic E-state index is 6.03. The molecule has 1 aliphatic rings. The highest BCUT2D eigenvalue weighted by Crippen LogP contribution is 2.25. The quantitative estimate of drug-likeness (QED) is 0.588. The van der Waals surface area contributed by atoms with Gasteiger partial charge in [0.1, 0.15) is 0 Å². The van der Waals surface area contributed by atoms with Gasteiger partial charge in [-0.1, -0.05) is 20.3 Å². The molecule has 0 aliphatic carbocycles. The first kappa shape index (κ1) is 9.34. The number of hydrogen-bond acceptors (Lipinski definition) is 1. The fourth-order valence-electron chi connectivity index (χ4n) is 1.44. The van der Waals surface area contributed by atoms with Crippen LogP contribution in [0.4, 0.5) is 0 Å². The van der Waals surface area contributed by atoms with Crippen LogP contribution >= 0.6 is 11.6 Å². The predicted molar refractivity (Wildman–Crippen MR) is 48.1 cm³/mol. The summed E-state index contributed by atoms with van der Waals surface area (Å²) in [7, 11) is 0. The molecule has 0 aromatic rings. The maximum Gasteiger partial charge on any atom is 0.0614 e. The van der Waals surface area contributed by atoms with Crippen molar-refractivity contribution in [3.63, 3.8) is 0 Å². The summed E-state index contributed by atoms with van der Waals surface area (Å²) in [6.45, 7) is 5.29. The molecule has 0 amide bonds. The van der Waals surface area contributed by atoms with Gasteiger partial charge in [0.25, 0.3) is 0 Å². The second kappa shape index (κ2) is 4.32. The molecule has 66 valence electrons. The Morgan fingerprint density at radius 2 is 2.36 bits per heavy atom. The van der Waals surface area contributed by atoms with Crippen molar-refractivity contribution in [1.29, 1.82) is 0 Å². The van der Waals surface area contributed by atoms with E-state index in [-0.39, 0.29) is 0 Å². The zero-order chi connectivity index (χ0) is 8.27. The summed E-state index contributed by atoms with van der Waals surface area (Å²) in [5, 5.41) is 0.350. The molecule has 0 saturated carbocycles. The van der Waals surface area contributed by atoms with Crippen molar-refractivity contribution < 1.29 is 4.74 Å². The molecular formula is C9H17ClO. The lowest BCUT2D eigenvalue weighted by Crippen LogP contribution is -2.30. The van der Waals surface area contributed by atoms with Crippen molar-refractivity contribution in [2.75, 3.05) is 6.61 Å². The average Bonchev–Trinajstić information content (AvgIpc) is 2.03. The van der Waals surface area contributed by atoms with Gasteiger partial charge >= 0.3 is 0 Å². The minimum atomic E-state index is 0.350. The van der Waals surface area contributed by atoms with E-state index in [1.54, 1.807) is 0 Å². The van der Waals surface area contributed by atoms with Crippen LogP contribution in [0.1, 0.15) is 33.1 Å². The Morgan fingerprint density at radius 3 is 2.91 bits per heavy atom. The topological polar surface area (TPSA) is 9.23 Å². The molecule has 1 saturated heterocycles. The zero-order valence-electron chi connectivity index (χ0n) is 7.35. The summed E-state index contributed by atoms with van der Waals surface area (Å²) in [5.41, 5.74) is 0. The molecule has 11 heavy (non-hydrogen) atoms. The van der Waals surface area contributed by atoms with Gasteiger partial charge in [-0.25, -0.2) is 0 Å². The van der Waals surface area contributed by atoms with Gasteiger partial charge in [-0.15, -0.1) is 11.6 Å². The first-order chi connectivity index (χ1) is 5.24. The fourth-order valence-corrected chi connectivity index (χ4v) is 1.71. The number of ether oxygens (including phenoxy) is 1. The van der Waals surface area contributed by atoms with Crippen molar-refractivity contribution in [2.45, 2.75) is 44.6 Å². The van der Waals surface area contributed by atoms with Crippen molar-refractivity contribution in [3.05, 3.63) is 0 Å². The lowest BCUT2D eigenvalue weighted by atomic mass is 9.95. The van der Waals surface area contributed by atoms with Crippen LogP contribution in [-0.2, 0) is 4.74 Å². The van der Waals surface area contributed by atoms with E-state index in [0.29, 0.717) is 17.4 Å². The molecule has 1 aliphatic heterocycles. The molecule has 1 fully saturated rings.